The van der Waals surface area contributed by atoms with Gasteiger partial charge in [0.1, 0.15) is 0 Å². The molecule has 1 aromatic rings. The summed E-state index contributed by atoms with van der Waals surface area (Å²) in [7, 11) is 1.77. The maximum atomic E-state index is 9.77. The van der Waals surface area contributed by atoms with Crippen LogP contribution in [0.1, 0.15) is 31.4 Å². The number of rotatable bonds is 5. The van der Waals surface area contributed by atoms with Crippen LogP contribution in [-0.2, 0) is 4.74 Å². The molecule has 1 saturated heterocycles. The summed E-state index contributed by atoms with van der Waals surface area (Å²) in [5.74, 6) is 0.649. The summed E-state index contributed by atoms with van der Waals surface area (Å²) in [5.41, 5.74) is 2.26. The van der Waals surface area contributed by atoms with Gasteiger partial charge in [0.25, 0.3) is 0 Å². The number of hydrogen-bond donors (Lipinski definition) is 1. The molecule has 1 aliphatic rings. The van der Waals surface area contributed by atoms with Crippen LogP contribution in [0.5, 0.6) is 0 Å². The number of benzene rings is 1. The number of aliphatic hydroxyl groups excluding tert-OH is 1. The van der Waals surface area contributed by atoms with Crippen LogP contribution < -0.4 is 4.90 Å². The SMILES string of the molecule is CC[C@@H](O)c1ccc(N2CCC(COC)C2)cc1. The number of nitrogens with zero attached hydrogens (tertiary/aromatic N) is 1. The van der Waals surface area contributed by atoms with Crippen molar-refractivity contribution in [2.75, 3.05) is 31.7 Å². The van der Waals surface area contributed by atoms with E-state index in [-0.39, 0.29) is 6.10 Å². The molecule has 0 amide bonds. The Balaban J connectivity index is 1.98. The van der Waals surface area contributed by atoms with Gasteiger partial charge in [0.15, 0.2) is 0 Å². The zero-order valence-corrected chi connectivity index (χ0v) is 11.3. The van der Waals surface area contributed by atoms with Gasteiger partial charge in [-0.15, -0.1) is 0 Å². The first-order valence-electron chi connectivity index (χ1n) is 6.76. The van der Waals surface area contributed by atoms with E-state index in [1.165, 1.54) is 12.1 Å². The molecule has 0 spiro atoms. The van der Waals surface area contributed by atoms with Crippen LogP contribution >= 0.6 is 0 Å². The highest BCUT2D eigenvalue weighted by Crippen LogP contribution is 2.26. The van der Waals surface area contributed by atoms with Gasteiger partial charge >= 0.3 is 0 Å². The van der Waals surface area contributed by atoms with Crippen LogP contribution in [0.25, 0.3) is 0 Å². The number of hydrogen-bond acceptors (Lipinski definition) is 3. The van der Waals surface area contributed by atoms with E-state index in [0.29, 0.717) is 5.92 Å². The molecular formula is C15H23NO2. The zero-order chi connectivity index (χ0) is 13.0. The van der Waals surface area contributed by atoms with Gasteiger partial charge in [-0.05, 0) is 30.5 Å². The fourth-order valence-electron chi connectivity index (χ4n) is 2.58. The fourth-order valence-corrected chi connectivity index (χ4v) is 2.58. The lowest BCUT2D eigenvalue weighted by Crippen LogP contribution is -2.20. The van der Waals surface area contributed by atoms with E-state index in [1.54, 1.807) is 7.11 Å². The molecule has 2 rings (SSSR count). The van der Waals surface area contributed by atoms with Gasteiger partial charge < -0.3 is 14.7 Å². The topological polar surface area (TPSA) is 32.7 Å². The highest BCUT2D eigenvalue weighted by atomic mass is 16.5. The summed E-state index contributed by atoms with van der Waals surface area (Å²) in [4.78, 5) is 2.39. The van der Waals surface area contributed by atoms with Crippen molar-refractivity contribution in [2.24, 2.45) is 5.92 Å². The lowest BCUT2D eigenvalue weighted by molar-refractivity contribution is 0.161. The Labute approximate surface area is 109 Å². The Kier molecular flexibility index (Phi) is 4.61. The second-order valence-electron chi connectivity index (χ2n) is 5.07. The zero-order valence-electron chi connectivity index (χ0n) is 11.3. The molecule has 3 nitrogen and oxygen atoms in total. The van der Waals surface area contributed by atoms with E-state index in [1.807, 2.05) is 19.1 Å². The normalized spacial score (nSPS) is 21.3. The van der Waals surface area contributed by atoms with Crippen LogP contribution in [0.2, 0.25) is 0 Å². The van der Waals surface area contributed by atoms with Gasteiger partial charge in [0.05, 0.1) is 12.7 Å². The summed E-state index contributed by atoms with van der Waals surface area (Å²) in [6.45, 7) is 5.02. The second kappa shape index (κ2) is 6.21. The quantitative estimate of drug-likeness (QED) is 0.870. The predicted octanol–water partition coefficient (Wildman–Crippen LogP) is 2.60. The third-order valence-electron chi connectivity index (χ3n) is 3.72. The molecule has 1 N–H and O–H groups in total. The number of anilines is 1. The molecule has 0 aliphatic carbocycles. The van der Waals surface area contributed by atoms with Crippen LogP contribution in [0.15, 0.2) is 24.3 Å². The maximum absolute atomic E-state index is 9.77. The minimum atomic E-state index is -0.334. The lowest BCUT2D eigenvalue weighted by Gasteiger charge is -2.19. The van der Waals surface area contributed by atoms with Crippen LogP contribution in [-0.4, -0.2) is 31.9 Å². The molecule has 1 aliphatic heterocycles. The van der Waals surface area contributed by atoms with Gasteiger partial charge in [-0.25, -0.2) is 0 Å². The lowest BCUT2D eigenvalue weighted by atomic mass is 10.1. The second-order valence-corrected chi connectivity index (χ2v) is 5.07. The summed E-state index contributed by atoms with van der Waals surface area (Å²) in [6, 6.07) is 8.30. The molecule has 3 heteroatoms. The van der Waals surface area contributed by atoms with E-state index in [0.717, 1.165) is 31.7 Å². The molecule has 0 radical (unpaired) electrons. The van der Waals surface area contributed by atoms with Crippen molar-refractivity contribution in [1.82, 2.24) is 0 Å². The first kappa shape index (κ1) is 13.4. The molecule has 0 bridgehead atoms. The Morgan fingerprint density at radius 2 is 2.11 bits per heavy atom. The van der Waals surface area contributed by atoms with Crippen molar-refractivity contribution in [3.8, 4) is 0 Å². The molecular weight excluding hydrogens is 226 g/mol. The molecule has 1 fully saturated rings. The van der Waals surface area contributed by atoms with E-state index < -0.39 is 0 Å². The van der Waals surface area contributed by atoms with Gasteiger partial charge in [-0.2, -0.15) is 0 Å². The minimum absolute atomic E-state index is 0.334. The van der Waals surface area contributed by atoms with Gasteiger partial charge in [-0.1, -0.05) is 19.1 Å². The average Bonchev–Trinajstić information content (AvgIpc) is 2.87. The van der Waals surface area contributed by atoms with Crippen molar-refractivity contribution >= 4 is 5.69 Å². The fraction of sp³-hybridized carbons (Fsp3) is 0.600. The highest BCUT2D eigenvalue weighted by Gasteiger charge is 2.22. The number of methoxy groups -OCH3 is 1. The van der Waals surface area contributed by atoms with Gasteiger partial charge in [0.2, 0.25) is 0 Å². The molecule has 0 saturated carbocycles. The van der Waals surface area contributed by atoms with Crippen LogP contribution in [0.4, 0.5) is 5.69 Å². The highest BCUT2D eigenvalue weighted by molar-refractivity contribution is 5.48. The average molecular weight is 249 g/mol. The van der Waals surface area contributed by atoms with Crippen molar-refractivity contribution in [2.45, 2.75) is 25.9 Å². The first-order chi connectivity index (χ1) is 8.74. The van der Waals surface area contributed by atoms with E-state index in [2.05, 4.69) is 17.0 Å². The first-order valence-corrected chi connectivity index (χ1v) is 6.76. The standard InChI is InChI=1S/C15H23NO2/c1-3-15(17)13-4-6-14(7-5-13)16-9-8-12(10-16)11-18-2/h4-7,12,15,17H,3,8-11H2,1-2H3/t12?,15-/m1/s1. The smallest absolute Gasteiger partial charge is 0.0787 e. The van der Waals surface area contributed by atoms with Crippen molar-refractivity contribution < 1.29 is 9.84 Å². The molecule has 100 valence electrons. The Hall–Kier alpha value is -1.06. The van der Waals surface area contributed by atoms with Crippen LogP contribution in [0, 0.1) is 5.92 Å². The summed E-state index contributed by atoms with van der Waals surface area (Å²) < 4.78 is 5.22. The Morgan fingerprint density at radius 3 is 2.72 bits per heavy atom. The third-order valence-corrected chi connectivity index (χ3v) is 3.72. The minimum Gasteiger partial charge on any atom is -0.388 e. The predicted molar refractivity (Wildman–Crippen MR) is 73.9 cm³/mol. The molecule has 1 aromatic carbocycles. The summed E-state index contributed by atoms with van der Waals surface area (Å²) in [6.07, 6.45) is 1.63. The number of ether oxygens (including phenoxy) is 1. The summed E-state index contributed by atoms with van der Waals surface area (Å²) >= 11 is 0. The molecule has 0 aromatic heterocycles. The van der Waals surface area contributed by atoms with Crippen molar-refractivity contribution in [3.63, 3.8) is 0 Å². The van der Waals surface area contributed by atoms with Crippen molar-refractivity contribution in [3.05, 3.63) is 29.8 Å². The molecule has 1 heterocycles. The summed E-state index contributed by atoms with van der Waals surface area (Å²) in [5, 5.41) is 9.77. The number of aliphatic hydroxyl groups is 1. The van der Waals surface area contributed by atoms with E-state index in [9.17, 15) is 5.11 Å². The Bertz CT molecular complexity index is 363. The van der Waals surface area contributed by atoms with E-state index in [4.69, 9.17) is 4.74 Å². The van der Waals surface area contributed by atoms with Gasteiger partial charge in [-0.3, -0.25) is 0 Å². The third kappa shape index (κ3) is 3.03. The van der Waals surface area contributed by atoms with E-state index >= 15 is 0 Å². The molecule has 1 unspecified atom stereocenters. The van der Waals surface area contributed by atoms with Crippen molar-refractivity contribution in [1.29, 1.82) is 0 Å². The molecule has 2 atom stereocenters. The Morgan fingerprint density at radius 1 is 1.39 bits per heavy atom. The monoisotopic (exact) mass is 249 g/mol. The maximum Gasteiger partial charge on any atom is 0.0787 e. The van der Waals surface area contributed by atoms with Crippen LogP contribution in [0.3, 0.4) is 0 Å². The largest absolute Gasteiger partial charge is 0.388 e. The van der Waals surface area contributed by atoms with Gasteiger partial charge in [0, 0.05) is 31.8 Å². The molecule has 18 heavy (non-hydrogen) atoms.